The van der Waals surface area contributed by atoms with Crippen molar-refractivity contribution in [3.8, 4) is 12.1 Å². The quantitative estimate of drug-likeness (QED) is 0.844. The maximum Gasteiger partial charge on any atom is 0.163 e. The minimum absolute atomic E-state index is 0.306. The predicted molar refractivity (Wildman–Crippen MR) is 63.4 cm³/mol. The van der Waals surface area contributed by atoms with Crippen LogP contribution in [0.3, 0.4) is 0 Å². The number of nitriles is 2. The maximum atomic E-state index is 8.95. The van der Waals surface area contributed by atoms with E-state index in [1.807, 2.05) is 12.1 Å². The van der Waals surface area contributed by atoms with Gasteiger partial charge in [-0.25, -0.2) is 4.98 Å². The zero-order valence-electron chi connectivity index (χ0n) is 8.88. The molecular weight excluding hydrogens is 212 g/mol. The molecule has 0 aliphatic carbocycles. The Morgan fingerprint density at radius 3 is 2.47 bits per heavy atom. The number of nitrogens with one attached hydrogen (secondary N) is 1. The van der Waals surface area contributed by atoms with Crippen LogP contribution in [0, 0.1) is 22.7 Å². The topological polar surface area (TPSA) is 72.5 Å². The summed E-state index contributed by atoms with van der Waals surface area (Å²) in [6.07, 6.45) is 1.56. The van der Waals surface area contributed by atoms with E-state index >= 15 is 0 Å². The lowest BCUT2D eigenvalue weighted by Gasteiger charge is -2.08. The van der Waals surface area contributed by atoms with E-state index in [9.17, 15) is 0 Å². The third kappa shape index (κ3) is 2.22. The number of para-hydroxylation sites is 1. The Morgan fingerprint density at radius 2 is 1.71 bits per heavy atom. The Balaban J connectivity index is 2.40. The predicted octanol–water partition coefficient (Wildman–Crippen LogP) is 2.57. The summed E-state index contributed by atoms with van der Waals surface area (Å²) in [4.78, 5) is 3.94. The SMILES string of the molecule is N#Cc1ccccc1Nc1cccnc1C#N. The van der Waals surface area contributed by atoms with Gasteiger partial charge in [0, 0.05) is 6.20 Å². The van der Waals surface area contributed by atoms with Crippen molar-refractivity contribution in [3.05, 3.63) is 53.9 Å². The van der Waals surface area contributed by atoms with E-state index in [2.05, 4.69) is 16.4 Å². The number of pyridine rings is 1. The first-order valence-electron chi connectivity index (χ1n) is 4.96. The minimum Gasteiger partial charge on any atom is -0.352 e. The molecule has 4 nitrogen and oxygen atoms in total. The second-order valence-electron chi connectivity index (χ2n) is 3.29. The summed E-state index contributed by atoms with van der Waals surface area (Å²) in [6.45, 7) is 0. The largest absolute Gasteiger partial charge is 0.352 e. The molecule has 0 unspecified atom stereocenters. The molecule has 0 bridgehead atoms. The second kappa shape index (κ2) is 4.78. The number of anilines is 2. The van der Waals surface area contributed by atoms with Gasteiger partial charge in [0.25, 0.3) is 0 Å². The number of hydrogen-bond acceptors (Lipinski definition) is 4. The Morgan fingerprint density at radius 1 is 0.941 bits per heavy atom. The number of hydrogen-bond donors (Lipinski definition) is 1. The van der Waals surface area contributed by atoms with E-state index in [1.54, 1.807) is 36.5 Å². The van der Waals surface area contributed by atoms with Crippen molar-refractivity contribution >= 4 is 11.4 Å². The fourth-order valence-corrected chi connectivity index (χ4v) is 1.43. The van der Waals surface area contributed by atoms with Gasteiger partial charge in [0.15, 0.2) is 5.69 Å². The summed E-state index contributed by atoms with van der Waals surface area (Å²) in [5, 5.41) is 20.9. The van der Waals surface area contributed by atoms with Crippen LogP contribution in [0.5, 0.6) is 0 Å². The Labute approximate surface area is 98.8 Å². The van der Waals surface area contributed by atoms with Crippen molar-refractivity contribution in [3.63, 3.8) is 0 Å². The number of aromatic nitrogens is 1. The molecular formula is C13H8N4. The van der Waals surface area contributed by atoms with Crippen LogP contribution < -0.4 is 5.32 Å². The first-order valence-corrected chi connectivity index (χ1v) is 4.96. The summed E-state index contributed by atoms with van der Waals surface area (Å²) < 4.78 is 0. The molecule has 2 aromatic rings. The van der Waals surface area contributed by atoms with Crippen LogP contribution in [-0.4, -0.2) is 4.98 Å². The zero-order valence-corrected chi connectivity index (χ0v) is 8.88. The number of benzene rings is 1. The van der Waals surface area contributed by atoms with E-state index in [0.29, 0.717) is 22.6 Å². The monoisotopic (exact) mass is 220 g/mol. The smallest absolute Gasteiger partial charge is 0.163 e. The van der Waals surface area contributed by atoms with Crippen LogP contribution in [0.25, 0.3) is 0 Å². The van der Waals surface area contributed by atoms with E-state index < -0.39 is 0 Å². The zero-order chi connectivity index (χ0) is 12.1. The highest BCUT2D eigenvalue weighted by atomic mass is 14.9. The fraction of sp³-hybridized carbons (Fsp3) is 0. The molecule has 0 spiro atoms. The molecule has 4 heteroatoms. The van der Waals surface area contributed by atoms with E-state index in [0.717, 1.165) is 0 Å². The summed E-state index contributed by atoms with van der Waals surface area (Å²) in [6, 6.07) is 14.7. The molecule has 0 amide bonds. The van der Waals surface area contributed by atoms with Crippen molar-refractivity contribution in [2.24, 2.45) is 0 Å². The molecule has 80 valence electrons. The van der Waals surface area contributed by atoms with Crippen molar-refractivity contribution < 1.29 is 0 Å². The number of rotatable bonds is 2. The molecule has 0 saturated carbocycles. The van der Waals surface area contributed by atoms with E-state index in [4.69, 9.17) is 10.5 Å². The highest BCUT2D eigenvalue weighted by Gasteiger charge is 2.05. The molecule has 1 N–H and O–H groups in total. The summed E-state index contributed by atoms with van der Waals surface area (Å²) in [5.74, 6) is 0. The van der Waals surface area contributed by atoms with Crippen molar-refractivity contribution in [2.75, 3.05) is 5.32 Å². The van der Waals surface area contributed by atoms with Gasteiger partial charge in [-0.05, 0) is 24.3 Å². The third-order valence-electron chi connectivity index (χ3n) is 2.23. The van der Waals surface area contributed by atoms with Gasteiger partial charge in [-0.15, -0.1) is 0 Å². The first kappa shape index (κ1) is 10.7. The maximum absolute atomic E-state index is 8.95. The van der Waals surface area contributed by atoms with Crippen molar-refractivity contribution in [2.45, 2.75) is 0 Å². The Hall–Kier alpha value is -2.85. The molecule has 1 aromatic carbocycles. The van der Waals surface area contributed by atoms with Crippen LogP contribution in [0.4, 0.5) is 11.4 Å². The second-order valence-corrected chi connectivity index (χ2v) is 3.29. The van der Waals surface area contributed by atoms with Crippen molar-refractivity contribution in [1.82, 2.24) is 4.98 Å². The van der Waals surface area contributed by atoms with Gasteiger partial charge in [-0.2, -0.15) is 10.5 Å². The van der Waals surface area contributed by atoms with Crippen LogP contribution in [-0.2, 0) is 0 Å². The van der Waals surface area contributed by atoms with Gasteiger partial charge in [0.2, 0.25) is 0 Å². The summed E-state index contributed by atoms with van der Waals surface area (Å²) in [5.41, 5.74) is 2.10. The lowest BCUT2D eigenvalue weighted by atomic mass is 10.2. The van der Waals surface area contributed by atoms with Gasteiger partial charge in [-0.3, -0.25) is 0 Å². The molecule has 1 heterocycles. The van der Waals surface area contributed by atoms with Gasteiger partial charge in [0.1, 0.15) is 12.1 Å². The van der Waals surface area contributed by atoms with E-state index in [-0.39, 0.29) is 0 Å². The van der Waals surface area contributed by atoms with Gasteiger partial charge >= 0.3 is 0 Å². The molecule has 1 aromatic heterocycles. The molecule has 0 radical (unpaired) electrons. The Bertz CT molecular complexity index is 564. The van der Waals surface area contributed by atoms with Crippen LogP contribution in [0.2, 0.25) is 0 Å². The Kier molecular flexibility index (Phi) is 3.00. The summed E-state index contributed by atoms with van der Waals surface area (Å²) >= 11 is 0. The highest BCUT2D eigenvalue weighted by molar-refractivity contribution is 5.69. The average molecular weight is 220 g/mol. The highest BCUT2D eigenvalue weighted by Crippen LogP contribution is 2.21. The molecule has 0 aliphatic rings. The fourth-order valence-electron chi connectivity index (χ4n) is 1.43. The standard InChI is InChI=1S/C13H8N4/c14-8-10-4-1-2-5-11(10)17-12-6-3-7-16-13(12)9-15/h1-7,17H. The third-order valence-corrected chi connectivity index (χ3v) is 2.23. The van der Waals surface area contributed by atoms with Gasteiger partial charge in [-0.1, -0.05) is 12.1 Å². The lowest BCUT2D eigenvalue weighted by molar-refractivity contribution is 1.26. The summed E-state index contributed by atoms with van der Waals surface area (Å²) in [7, 11) is 0. The molecule has 0 fully saturated rings. The van der Waals surface area contributed by atoms with Gasteiger partial charge < -0.3 is 5.32 Å². The lowest BCUT2D eigenvalue weighted by Crippen LogP contribution is -1.97. The number of nitrogens with zero attached hydrogens (tertiary/aromatic N) is 3. The molecule has 0 aliphatic heterocycles. The molecule has 2 rings (SSSR count). The van der Waals surface area contributed by atoms with Crippen molar-refractivity contribution in [1.29, 1.82) is 10.5 Å². The van der Waals surface area contributed by atoms with Crippen LogP contribution >= 0.6 is 0 Å². The van der Waals surface area contributed by atoms with Crippen LogP contribution in [0.1, 0.15) is 11.3 Å². The minimum atomic E-state index is 0.306. The molecule has 0 atom stereocenters. The first-order chi connectivity index (χ1) is 8.35. The molecule has 17 heavy (non-hydrogen) atoms. The molecule has 0 saturated heterocycles. The normalized spacial score (nSPS) is 9.06. The van der Waals surface area contributed by atoms with Gasteiger partial charge in [0.05, 0.1) is 16.9 Å². The average Bonchev–Trinajstić information content (AvgIpc) is 2.40. The van der Waals surface area contributed by atoms with E-state index in [1.165, 1.54) is 0 Å². The van der Waals surface area contributed by atoms with Crippen LogP contribution in [0.15, 0.2) is 42.6 Å².